The summed E-state index contributed by atoms with van der Waals surface area (Å²) < 4.78 is 11.5. The van der Waals surface area contributed by atoms with Crippen molar-refractivity contribution < 1.29 is 14.6 Å². The van der Waals surface area contributed by atoms with Crippen molar-refractivity contribution in [3.8, 4) is 0 Å². The van der Waals surface area contributed by atoms with Gasteiger partial charge in [-0.05, 0) is 19.8 Å². The summed E-state index contributed by atoms with van der Waals surface area (Å²) in [6.07, 6.45) is 2.33. The van der Waals surface area contributed by atoms with Crippen LogP contribution in [-0.4, -0.2) is 36.1 Å². The highest BCUT2D eigenvalue weighted by atomic mass is 16.6. The molecule has 0 bridgehead atoms. The van der Waals surface area contributed by atoms with E-state index in [4.69, 9.17) is 14.6 Å². The van der Waals surface area contributed by atoms with Gasteiger partial charge >= 0.3 is 0 Å². The van der Waals surface area contributed by atoms with Gasteiger partial charge in [-0.15, -0.1) is 0 Å². The average molecular weight is 186 g/mol. The zero-order chi connectivity index (χ0) is 9.47. The van der Waals surface area contributed by atoms with Crippen LogP contribution in [0.5, 0.6) is 0 Å². The molecular formula is C10H18O3. The Balaban J connectivity index is 2.06. The fraction of sp³-hybridized carbons (Fsp3) is 1.00. The van der Waals surface area contributed by atoms with Crippen LogP contribution in [0.25, 0.3) is 0 Å². The van der Waals surface area contributed by atoms with Crippen LogP contribution in [-0.2, 0) is 9.47 Å². The lowest BCUT2D eigenvalue weighted by molar-refractivity contribution is -0.0766. The van der Waals surface area contributed by atoms with E-state index in [1.54, 1.807) is 0 Å². The molecule has 0 aromatic heterocycles. The van der Waals surface area contributed by atoms with Crippen LogP contribution in [0.3, 0.4) is 0 Å². The summed E-state index contributed by atoms with van der Waals surface area (Å²) in [4.78, 5) is 0. The highest BCUT2D eigenvalue weighted by Gasteiger charge is 2.50. The fourth-order valence-corrected chi connectivity index (χ4v) is 2.40. The number of rotatable bonds is 1. The molecule has 2 aliphatic heterocycles. The summed E-state index contributed by atoms with van der Waals surface area (Å²) >= 11 is 0. The largest absolute Gasteiger partial charge is 0.394 e. The number of hydrogen-bond acceptors (Lipinski definition) is 3. The molecule has 0 aromatic carbocycles. The van der Waals surface area contributed by atoms with Gasteiger partial charge in [-0.1, -0.05) is 6.92 Å². The smallest absolute Gasteiger partial charge is 0.0970 e. The maximum atomic E-state index is 9.00. The molecule has 3 heteroatoms. The minimum atomic E-state index is -0.0905. The number of aliphatic hydroxyl groups excluding tert-OH is 1. The molecule has 0 aromatic rings. The Kier molecular flexibility index (Phi) is 2.34. The van der Waals surface area contributed by atoms with Crippen LogP contribution in [0.4, 0.5) is 0 Å². The number of hydrogen-bond donors (Lipinski definition) is 1. The Hall–Kier alpha value is -0.120. The number of aliphatic hydroxyl groups is 1. The van der Waals surface area contributed by atoms with E-state index in [0.717, 1.165) is 12.8 Å². The van der Waals surface area contributed by atoms with Gasteiger partial charge < -0.3 is 14.6 Å². The third-order valence-corrected chi connectivity index (χ3v) is 3.62. The van der Waals surface area contributed by atoms with E-state index in [2.05, 4.69) is 13.8 Å². The molecule has 2 fully saturated rings. The van der Waals surface area contributed by atoms with E-state index in [0.29, 0.717) is 12.5 Å². The summed E-state index contributed by atoms with van der Waals surface area (Å²) in [5, 5.41) is 9.00. The first-order chi connectivity index (χ1) is 6.18. The van der Waals surface area contributed by atoms with Crippen molar-refractivity contribution in [3.05, 3.63) is 0 Å². The second-order valence-electron chi connectivity index (χ2n) is 4.33. The lowest BCUT2D eigenvalue weighted by atomic mass is 9.86. The highest BCUT2D eigenvalue weighted by molar-refractivity contribution is 4.98. The topological polar surface area (TPSA) is 38.7 Å². The lowest BCUT2D eigenvalue weighted by Gasteiger charge is -2.27. The monoisotopic (exact) mass is 186 g/mol. The zero-order valence-electron chi connectivity index (χ0n) is 8.32. The van der Waals surface area contributed by atoms with E-state index in [1.165, 1.54) is 0 Å². The molecule has 3 nitrogen and oxygen atoms in total. The van der Waals surface area contributed by atoms with Gasteiger partial charge in [0.05, 0.1) is 31.0 Å². The minimum absolute atomic E-state index is 0.0383. The van der Waals surface area contributed by atoms with Gasteiger partial charge in [0.2, 0.25) is 0 Å². The standard InChI is InChI=1S/C10H18O3/c1-7-8(2)12-6-10(7)4-3-9(5-11)13-10/h7-9,11H,3-6H2,1-2H3/t7-,8+,9-,10-/m1/s1. The maximum Gasteiger partial charge on any atom is 0.0970 e. The number of ether oxygens (including phenoxy) is 2. The third-order valence-electron chi connectivity index (χ3n) is 3.62. The predicted molar refractivity (Wildman–Crippen MR) is 48.5 cm³/mol. The van der Waals surface area contributed by atoms with Gasteiger partial charge in [0.25, 0.3) is 0 Å². The second kappa shape index (κ2) is 3.23. The molecule has 76 valence electrons. The predicted octanol–water partition coefficient (Wildman–Crippen LogP) is 0.951. The molecule has 2 rings (SSSR count). The van der Waals surface area contributed by atoms with Gasteiger partial charge in [0.1, 0.15) is 0 Å². The Labute approximate surface area is 79.0 Å². The fourth-order valence-electron chi connectivity index (χ4n) is 2.40. The summed E-state index contributed by atoms with van der Waals surface area (Å²) in [7, 11) is 0. The molecule has 0 amide bonds. The van der Waals surface area contributed by atoms with Gasteiger partial charge in [0, 0.05) is 5.92 Å². The van der Waals surface area contributed by atoms with Gasteiger partial charge in [-0.25, -0.2) is 0 Å². The van der Waals surface area contributed by atoms with Crippen molar-refractivity contribution in [2.75, 3.05) is 13.2 Å². The normalized spacial score (nSPS) is 50.5. The van der Waals surface area contributed by atoms with Crippen LogP contribution < -0.4 is 0 Å². The molecule has 0 aliphatic carbocycles. The zero-order valence-corrected chi connectivity index (χ0v) is 8.32. The first-order valence-electron chi connectivity index (χ1n) is 5.08. The van der Waals surface area contributed by atoms with E-state index in [9.17, 15) is 0 Å². The van der Waals surface area contributed by atoms with Gasteiger partial charge in [-0.2, -0.15) is 0 Å². The molecule has 4 atom stereocenters. The van der Waals surface area contributed by atoms with Crippen LogP contribution in [0.15, 0.2) is 0 Å². The Bertz CT molecular complexity index is 195. The van der Waals surface area contributed by atoms with Crippen molar-refractivity contribution in [2.45, 2.75) is 44.5 Å². The first-order valence-corrected chi connectivity index (χ1v) is 5.08. The summed E-state index contributed by atoms with van der Waals surface area (Å²) in [5.41, 5.74) is -0.0905. The average Bonchev–Trinajstić information content (AvgIpc) is 2.67. The lowest BCUT2D eigenvalue weighted by Crippen LogP contribution is -2.37. The van der Waals surface area contributed by atoms with Crippen molar-refractivity contribution in [2.24, 2.45) is 5.92 Å². The third kappa shape index (κ3) is 1.39. The molecule has 0 radical (unpaired) electrons. The summed E-state index contributed by atoms with van der Waals surface area (Å²) in [6.45, 7) is 5.11. The molecule has 0 saturated carbocycles. The molecule has 13 heavy (non-hydrogen) atoms. The molecule has 0 unspecified atom stereocenters. The van der Waals surface area contributed by atoms with Crippen LogP contribution in [0, 0.1) is 5.92 Å². The van der Waals surface area contributed by atoms with Crippen molar-refractivity contribution in [1.82, 2.24) is 0 Å². The molecule has 2 heterocycles. The Morgan fingerprint density at radius 2 is 2.23 bits per heavy atom. The summed E-state index contributed by atoms with van der Waals surface area (Å²) in [6, 6.07) is 0. The summed E-state index contributed by atoms with van der Waals surface area (Å²) in [5.74, 6) is 0.448. The van der Waals surface area contributed by atoms with Crippen molar-refractivity contribution >= 4 is 0 Å². The van der Waals surface area contributed by atoms with Crippen LogP contribution >= 0.6 is 0 Å². The molecule has 1 N–H and O–H groups in total. The van der Waals surface area contributed by atoms with E-state index in [1.807, 2.05) is 0 Å². The van der Waals surface area contributed by atoms with E-state index >= 15 is 0 Å². The van der Waals surface area contributed by atoms with Gasteiger partial charge in [-0.3, -0.25) is 0 Å². The quantitative estimate of drug-likeness (QED) is 0.662. The van der Waals surface area contributed by atoms with E-state index in [-0.39, 0.29) is 24.4 Å². The minimum Gasteiger partial charge on any atom is -0.394 e. The van der Waals surface area contributed by atoms with E-state index < -0.39 is 0 Å². The van der Waals surface area contributed by atoms with Crippen molar-refractivity contribution in [3.63, 3.8) is 0 Å². The first kappa shape index (κ1) is 9.44. The maximum absolute atomic E-state index is 9.00. The highest BCUT2D eigenvalue weighted by Crippen LogP contribution is 2.43. The Morgan fingerprint density at radius 1 is 1.46 bits per heavy atom. The van der Waals surface area contributed by atoms with Gasteiger partial charge in [0.15, 0.2) is 0 Å². The van der Waals surface area contributed by atoms with Crippen molar-refractivity contribution in [1.29, 1.82) is 0 Å². The molecule has 2 saturated heterocycles. The van der Waals surface area contributed by atoms with Crippen LogP contribution in [0.1, 0.15) is 26.7 Å². The SMILES string of the molecule is C[C@@H]1OC[C@]2(CC[C@H](CO)O2)[C@@H]1C. The molecule has 2 aliphatic rings. The second-order valence-corrected chi connectivity index (χ2v) is 4.33. The Morgan fingerprint density at radius 3 is 2.69 bits per heavy atom. The molecular weight excluding hydrogens is 168 g/mol. The van der Waals surface area contributed by atoms with Crippen LogP contribution in [0.2, 0.25) is 0 Å². The molecule has 1 spiro atoms.